The number of ether oxygens (including phenoxy) is 1. The highest BCUT2D eigenvalue weighted by Gasteiger charge is 2.39. The van der Waals surface area contributed by atoms with Crippen LogP contribution < -0.4 is 9.04 Å². The molecule has 7 heteroatoms. The molecule has 1 saturated heterocycles. The number of para-hydroxylation sites is 2. The lowest BCUT2D eigenvalue weighted by molar-refractivity contribution is -0.139. The number of rotatable bonds is 6. The molecule has 0 N–H and O–H groups in total. The number of piperidine rings is 1. The highest BCUT2D eigenvalue weighted by molar-refractivity contribution is 7.92. The third kappa shape index (κ3) is 5.35. The predicted molar refractivity (Wildman–Crippen MR) is 137 cm³/mol. The zero-order valence-corrected chi connectivity index (χ0v) is 20.4. The first-order valence-electron chi connectivity index (χ1n) is 12.1. The Morgan fingerprint density at radius 1 is 0.829 bits per heavy atom. The van der Waals surface area contributed by atoms with Gasteiger partial charge in [-0.05, 0) is 48.4 Å². The number of hydrogen-bond acceptors (Lipinski definition) is 4. The Bertz CT molecular complexity index is 1260. The van der Waals surface area contributed by atoms with Crippen LogP contribution in [0.5, 0.6) is 5.75 Å². The Morgan fingerprint density at radius 2 is 1.43 bits per heavy atom. The number of anilines is 1. The first kappa shape index (κ1) is 23.4. The van der Waals surface area contributed by atoms with Crippen molar-refractivity contribution in [2.45, 2.75) is 31.1 Å². The number of likely N-dealkylation sites (tertiary alicyclic amines) is 1. The summed E-state index contributed by atoms with van der Waals surface area (Å²) in [6.07, 6.45) is 2.02. The minimum atomic E-state index is -3.71. The Labute approximate surface area is 207 Å². The van der Waals surface area contributed by atoms with Crippen LogP contribution in [0.2, 0.25) is 0 Å². The molecule has 0 bridgehead atoms. The summed E-state index contributed by atoms with van der Waals surface area (Å²) in [6, 6.07) is 26.6. The molecule has 2 aliphatic rings. The van der Waals surface area contributed by atoms with Gasteiger partial charge in [0.1, 0.15) is 5.75 Å². The van der Waals surface area contributed by atoms with Crippen LogP contribution in [0.15, 0.2) is 84.9 Å². The lowest BCUT2D eigenvalue weighted by Gasteiger charge is -2.38. The Hall–Kier alpha value is -3.32. The third-order valence-electron chi connectivity index (χ3n) is 6.83. The average molecular weight is 491 g/mol. The van der Waals surface area contributed by atoms with Crippen LogP contribution in [-0.2, 0) is 27.0 Å². The van der Waals surface area contributed by atoms with Gasteiger partial charge in [0, 0.05) is 13.1 Å². The summed E-state index contributed by atoms with van der Waals surface area (Å²) in [4.78, 5) is 15.3. The second-order valence-electron chi connectivity index (χ2n) is 9.31. The monoisotopic (exact) mass is 490 g/mol. The largest absolute Gasteiger partial charge is 0.476 e. The molecular weight excluding hydrogens is 460 g/mol. The Kier molecular flexibility index (Phi) is 6.77. The maximum Gasteiger partial charge on any atom is 0.265 e. The standard InChI is InChI=1S/C28H30N2O4S/c31-28(29-17-15-23(16-18-29)19-22-9-3-1-4-10-22)27-20-30(25-13-7-8-14-26(25)34-27)35(32,33)21-24-11-5-2-6-12-24/h1-14,23,27H,15-21H2/t27-/m1/s1. The predicted octanol–water partition coefficient (Wildman–Crippen LogP) is 4.27. The van der Waals surface area contributed by atoms with Gasteiger partial charge >= 0.3 is 0 Å². The molecule has 0 aliphatic carbocycles. The maximum atomic E-state index is 13.4. The minimum Gasteiger partial charge on any atom is -0.476 e. The quantitative estimate of drug-likeness (QED) is 0.518. The molecule has 1 amide bonds. The number of carbonyl (C=O) groups excluding carboxylic acids is 1. The number of hydrogen-bond donors (Lipinski definition) is 0. The minimum absolute atomic E-state index is 0.0189. The molecule has 0 radical (unpaired) electrons. The van der Waals surface area contributed by atoms with Crippen LogP contribution in [0.3, 0.4) is 0 Å². The molecule has 6 nitrogen and oxygen atoms in total. The van der Waals surface area contributed by atoms with Gasteiger partial charge in [0.2, 0.25) is 10.0 Å². The second-order valence-corrected chi connectivity index (χ2v) is 11.2. The van der Waals surface area contributed by atoms with Gasteiger partial charge in [0.25, 0.3) is 5.91 Å². The summed E-state index contributed by atoms with van der Waals surface area (Å²) in [7, 11) is -3.71. The number of benzene rings is 3. The fourth-order valence-electron chi connectivity index (χ4n) is 4.97. The van der Waals surface area contributed by atoms with Gasteiger partial charge in [-0.25, -0.2) is 8.42 Å². The first-order valence-corrected chi connectivity index (χ1v) is 13.7. The van der Waals surface area contributed by atoms with Crippen LogP contribution in [0, 0.1) is 5.92 Å². The highest BCUT2D eigenvalue weighted by Crippen LogP contribution is 2.36. The number of fused-ring (bicyclic) bond motifs is 1. The first-order chi connectivity index (χ1) is 17.0. The summed E-state index contributed by atoms with van der Waals surface area (Å²) < 4.78 is 34.2. The smallest absolute Gasteiger partial charge is 0.265 e. The summed E-state index contributed by atoms with van der Waals surface area (Å²) in [6.45, 7) is 1.30. The summed E-state index contributed by atoms with van der Waals surface area (Å²) in [5.41, 5.74) is 2.51. The van der Waals surface area contributed by atoms with E-state index < -0.39 is 16.1 Å². The molecule has 0 spiro atoms. The fourth-order valence-corrected chi connectivity index (χ4v) is 6.55. The van der Waals surface area contributed by atoms with Crippen LogP contribution in [0.1, 0.15) is 24.0 Å². The fraction of sp³-hybridized carbons (Fsp3) is 0.321. The van der Waals surface area contributed by atoms with E-state index in [-0.39, 0.29) is 18.2 Å². The summed E-state index contributed by atoms with van der Waals surface area (Å²) in [5.74, 6) is 0.691. The molecule has 3 aromatic carbocycles. The van der Waals surface area contributed by atoms with Crippen molar-refractivity contribution < 1.29 is 17.9 Å². The number of sulfonamides is 1. The number of carbonyl (C=O) groups is 1. The van der Waals surface area contributed by atoms with E-state index >= 15 is 0 Å². The van der Waals surface area contributed by atoms with Crippen LogP contribution in [0.4, 0.5) is 5.69 Å². The summed E-state index contributed by atoms with van der Waals surface area (Å²) >= 11 is 0. The van der Waals surface area contributed by atoms with E-state index in [0.29, 0.717) is 36.0 Å². The molecule has 1 fully saturated rings. The van der Waals surface area contributed by atoms with Gasteiger partial charge in [-0.2, -0.15) is 0 Å². The van der Waals surface area contributed by atoms with Crippen LogP contribution >= 0.6 is 0 Å². The normalized spacial score (nSPS) is 18.6. The van der Waals surface area contributed by atoms with Crippen molar-refractivity contribution in [2.75, 3.05) is 23.9 Å². The third-order valence-corrected chi connectivity index (χ3v) is 8.55. The van der Waals surface area contributed by atoms with E-state index in [1.807, 2.05) is 29.2 Å². The molecule has 3 aromatic rings. The van der Waals surface area contributed by atoms with Gasteiger partial charge in [-0.1, -0.05) is 72.8 Å². The second kappa shape index (κ2) is 10.1. The van der Waals surface area contributed by atoms with E-state index in [1.165, 1.54) is 9.87 Å². The molecule has 182 valence electrons. The molecule has 5 rings (SSSR count). The molecular formula is C28H30N2O4S. The van der Waals surface area contributed by atoms with E-state index in [9.17, 15) is 13.2 Å². The molecule has 2 aliphatic heterocycles. The summed E-state index contributed by atoms with van der Waals surface area (Å²) in [5, 5.41) is 0. The van der Waals surface area contributed by atoms with E-state index in [0.717, 1.165) is 19.3 Å². The molecule has 0 saturated carbocycles. The van der Waals surface area contributed by atoms with Gasteiger partial charge < -0.3 is 9.64 Å². The SMILES string of the molecule is O=C([C@H]1CN(S(=O)(=O)Cc2ccccc2)c2ccccc2O1)N1CCC(Cc2ccccc2)CC1. The van der Waals surface area contributed by atoms with E-state index in [4.69, 9.17) is 4.74 Å². The Balaban J connectivity index is 1.29. The zero-order chi connectivity index (χ0) is 24.3. The van der Waals surface area contributed by atoms with Gasteiger partial charge in [0.05, 0.1) is 18.0 Å². The van der Waals surface area contributed by atoms with Gasteiger partial charge in [-0.3, -0.25) is 9.10 Å². The zero-order valence-electron chi connectivity index (χ0n) is 19.6. The van der Waals surface area contributed by atoms with Crippen molar-refractivity contribution in [3.05, 3.63) is 96.1 Å². The van der Waals surface area contributed by atoms with Crippen molar-refractivity contribution in [1.82, 2.24) is 4.90 Å². The molecule has 35 heavy (non-hydrogen) atoms. The molecule has 1 atom stereocenters. The number of nitrogens with zero attached hydrogens (tertiary/aromatic N) is 2. The Morgan fingerprint density at radius 3 is 2.11 bits per heavy atom. The highest BCUT2D eigenvalue weighted by atomic mass is 32.2. The maximum absolute atomic E-state index is 13.4. The molecule has 2 heterocycles. The van der Waals surface area contributed by atoms with Crippen LogP contribution in [-0.4, -0.2) is 45.0 Å². The number of amides is 1. The van der Waals surface area contributed by atoms with Crippen LogP contribution in [0.25, 0.3) is 0 Å². The lowest BCUT2D eigenvalue weighted by Crippen LogP contribution is -2.53. The van der Waals surface area contributed by atoms with E-state index in [2.05, 4.69) is 24.3 Å². The molecule has 0 aromatic heterocycles. The van der Waals surface area contributed by atoms with Crippen molar-refractivity contribution in [2.24, 2.45) is 5.92 Å². The van der Waals surface area contributed by atoms with Crippen molar-refractivity contribution in [3.8, 4) is 5.75 Å². The average Bonchev–Trinajstić information content (AvgIpc) is 2.89. The van der Waals surface area contributed by atoms with Gasteiger partial charge in [-0.15, -0.1) is 0 Å². The van der Waals surface area contributed by atoms with E-state index in [1.54, 1.807) is 36.4 Å². The van der Waals surface area contributed by atoms with Crippen molar-refractivity contribution >= 4 is 21.6 Å². The van der Waals surface area contributed by atoms with Gasteiger partial charge in [0.15, 0.2) is 6.10 Å². The molecule has 0 unspecified atom stereocenters. The van der Waals surface area contributed by atoms with Crippen molar-refractivity contribution in [3.63, 3.8) is 0 Å². The lowest BCUT2D eigenvalue weighted by atomic mass is 9.90. The topological polar surface area (TPSA) is 66.9 Å². The van der Waals surface area contributed by atoms with Crippen molar-refractivity contribution in [1.29, 1.82) is 0 Å².